The lowest BCUT2D eigenvalue weighted by Gasteiger charge is -2.49. The van der Waals surface area contributed by atoms with Crippen LogP contribution in [0.4, 0.5) is 5.69 Å². The van der Waals surface area contributed by atoms with Crippen molar-refractivity contribution < 1.29 is 18.4 Å². The lowest BCUT2D eigenvalue weighted by Crippen LogP contribution is -2.60. The molecule has 1 saturated carbocycles. The maximum atomic E-state index is 12.2. The lowest BCUT2D eigenvalue weighted by atomic mass is 9.64. The second-order valence-electron chi connectivity index (χ2n) is 6.15. The Morgan fingerprint density at radius 1 is 1.36 bits per heavy atom. The highest BCUT2D eigenvalue weighted by Gasteiger charge is 2.46. The van der Waals surface area contributed by atoms with Gasteiger partial charge in [-0.25, -0.2) is 8.42 Å². The van der Waals surface area contributed by atoms with Gasteiger partial charge in [-0.2, -0.15) is 0 Å². The molecule has 0 spiro atoms. The molecule has 0 heterocycles. The molecule has 0 unspecified atom stereocenters. The average Bonchev–Trinajstić information content (AvgIpc) is 2.46. The van der Waals surface area contributed by atoms with Gasteiger partial charge in [-0.05, 0) is 18.6 Å². The van der Waals surface area contributed by atoms with Crippen LogP contribution in [0, 0.1) is 15.5 Å². The molecule has 2 N–H and O–H groups in total. The number of hydrogen-bond acceptors (Lipinski definition) is 6. The molecule has 0 radical (unpaired) electrons. The molecule has 1 aromatic carbocycles. The van der Waals surface area contributed by atoms with E-state index in [2.05, 4.69) is 5.32 Å². The number of non-ortho nitro benzene ring substituents is 1. The van der Waals surface area contributed by atoms with Crippen LogP contribution in [0.1, 0.15) is 20.3 Å². The number of nitrogens with zero attached hydrogens (tertiary/aromatic N) is 1. The number of nitro groups is 1. The largest absolute Gasteiger partial charge is 0.392 e. The molecule has 0 amide bonds. The number of hydrogen-bond donors (Lipinski definition) is 2. The Balaban J connectivity index is 1.93. The minimum Gasteiger partial charge on any atom is -0.392 e. The van der Waals surface area contributed by atoms with Crippen molar-refractivity contribution in [3.8, 4) is 0 Å². The highest BCUT2D eigenvalue weighted by atomic mass is 32.2. The molecule has 2 atom stereocenters. The molecule has 0 saturated heterocycles. The molecule has 122 valence electrons. The summed E-state index contributed by atoms with van der Waals surface area (Å²) >= 11 is 0. The minimum atomic E-state index is -3.48. The molecule has 0 aromatic heterocycles. The zero-order valence-corrected chi connectivity index (χ0v) is 13.3. The van der Waals surface area contributed by atoms with Crippen molar-refractivity contribution in [2.45, 2.75) is 37.3 Å². The van der Waals surface area contributed by atoms with Gasteiger partial charge in [-0.15, -0.1) is 0 Å². The number of benzene rings is 1. The predicted molar refractivity (Wildman–Crippen MR) is 81.3 cm³/mol. The molecule has 7 nitrogen and oxygen atoms in total. The van der Waals surface area contributed by atoms with Crippen LogP contribution in [0.3, 0.4) is 0 Å². The number of nitro benzene ring substituents is 1. The van der Waals surface area contributed by atoms with E-state index in [1.807, 2.05) is 13.8 Å². The van der Waals surface area contributed by atoms with Crippen molar-refractivity contribution in [1.29, 1.82) is 0 Å². The van der Waals surface area contributed by atoms with Gasteiger partial charge in [0, 0.05) is 30.1 Å². The van der Waals surface area contributed by atoms with E-state index in [0.29, 0.717) is 6.42 Å². The van der Waals surface area contributed by atoms with Gasteiger partial charge in [-0.1, -0.05) is 13.8 Å². The third-order valence-corrected chi connectivity index (χ3v) is 6.12. The van der Waals surface area contributed by atoms with Gasteiger partial charge in [0.15, 0.2) is 9.84 Å². The second kappa shape index (κ2) is 5.94. The minimum absolute atomic E-state index is 0.0767. The van der Waals surface area contributed by atoms with E-state index in [0.717, 1.165) is 0 Å². The van der Waals surface area contributed by atoms with Crippen LogP contribution in [-0.2, 0) is 9.84 Å². The SMILES string of the molecule is CC1(C)[C@@H](O)C[C@H]1NCCS(=O)(=O)c1ccc([N+](=O)[O-])cc1. The third-order valence-electron chi connectivity index (χ3n) is 4.38. The van der Waals surface area contributed by atoms with Crippen molar-refractivity contribution >= 4 is 15.5 Å². The molecule has 1 fully saturated rings. The van der Waals surface area contributed by atoms with E-state index >= 15 is 0 Å². The first kappa shape index (κ1) is 16.9. The monoisotopic (exact) mass is 328 g/mol. The molecular weight excluding hydrogens is 308 g/mol. The summed E-state index contributed by atoms with van der Waals surface area (Å²) < 4.78 is 24.3. The number of aliphatic hydroxyl groups is 1. The fourth-order valence-electron chi connectivity index (χ4n) is 2.51. The van der Waals surface area contributed by atoms with E-state index < -0.39 is 14.8 Å². The van der Waals surface area contributed by atoms with Crippen LogP contribution < -0.4 is 5.32 Å². The first-order valence-corrected chi connectivity index (χ1v) is 8.68. The summed E-state index contributed by atoms with van der Waals surface area (Å²) in [5.41, 5.74) is -0.390. The Morgan fingerprint density at radius 2 is 1.95 bits per heavy atom. The van der Waals surface area contributed by atoms with Gasteiger partial charge in [0.1, 0.15) is 0 Å². The molecule has 1 aliphatic carbocycles. The van der Waals surface area contributed by atoms with E-state index in [-0.39, 0.29) is 40.4 Å². The average molecular weight is 328 g/mol. The zero-order chi connectivity index (χ0) is 16.5. The number of sulfone groups is 1. The Hall–Kier alpha value is -1.51. The third kappa shape index (κ3) is 3.29. The summed E-state index contributed by atoms with van der Waals surface area (Å²) in [6.07, 6.45) is 0.251. The number of rotatable bonds is 6. The molecular formula is C14H20N2O5S. The predicted octanol–water partition coefficient (Wildman–Crippen LogP) is 1.12. The topological polar surface area (TPSA) is 110 Å². The van der Waals surface area contributed by atoms with Crippen molar-refractivity contribution in [3.63, 3.8) is 0 Å². The number of aliphatic hydroxyl groups excluding tert-OH is 1. The fraction of sp³-hybridized carbons (Fsp3) is 0.571. The van der Waals surface area contributed by atoms with E-state index in [9.17, 15) is 23.6 Å². The molecule has 0 aliphatic heterocycles. The van der Waals surface area contributed by atoms with Crippen LogP contribution in [0.5, 0.6) is 0 Å². The Kier molecular flexibility index (Phi) is 4.55. The molecule has 22 heavy (non-hydrogen) atoms. The summed E-state index contributed by atoms with van der Waals surface area (Å²) in [6.45, 7) is 4.15. The molecule has 1 aromatic rings. The van der Waals surface area contributed by atoms with E-state index in [1.165, 1.54) is 24.3 Å². The smallest absolute Gasteiger partial charge is 0.269 e. The highest BCUT2D eigenvalue weighted by molar-refractivity contribution is 7.91. The first-order valence-electron chi connectivity index (χ1n) is 7.03. The molecule has 0 bridgehead atoms. The Bertz CT molecular complexity index is 654. The van der Waals surface area contributed by atoms with E-state index in [1.54, 1.807) is 0 Å². The summed E-state index contributed by atoms with van der Waals surface area (Å²) in [5.74, 6) is -0.0898. The summed E-state index contributed by atoms with van der Waals surface area (Å²) in [6, 6.07) is 4.97. The number of nitrogens with one attached hydrogen (secondary N) is 1. The van der Waals surface area contributed by atoms with Gasteiger partial charge in [0.25, 0.3) is 5.69 Å². The van der Waals surface area contributed by atoms with Crippen molar-refractivity contribution in [3.05, 3.63) is 34.4 Å². The maximum Gasteiger partial charge on any atom is 0.269 e. The van der Waals surface area contributed by atoms with Gasteiger partial charge in [0.05, 0.1) is 21.7 Å². The van der Waals surface area contributed by atoms with Crippen molar-refractivity contribution in [1.82, 2.24) is 5.32 Å². The maximum absolute atomic E-state index is 12.2. The highest BCUT2D eigenvalue weighted by Crippen LogP contribution is 2.40. The molecule has 1 aliphatic rings. The summed E-state index contributed by atoms with van der Waals surface area (Å²) in [7, 11) is -3.48. The van der Waals surface area contributed by atoms with Gasteiger partial charge < -0.3 is 10.4 Å². The first-order chi connectivity index (χ1) is 10.1. The van der Waals surface area contributed by atoms with Crippen LogP contribution >= 0.6 is 0 Å². The van der Waals surface area contributed by atoms with Crippen LogP contribution in [-0.4, -0.2) is 42.9 Å². The standard InChI is InChI=1S/C14H20N2O5S/c1-14(2)12(9-13(14)17)15-7-8-22(20,21)11-5-3-10(4-6-11)16(18)19/h3-6,12-13,15,17H,7-9H2,1-2H3/t12-,13+/m1/s1. The fourth-order valence-corrected chi connectivity index (χ4v) is 3.68. The summed E-state index contributed by atoms with van der Waals surface area (Å²) in [4.78, 5) is 10.1. The molecule has 2 rings (SSSR count). The van der Waals surface area contributed by atoms with Gasteiger partial charge in [-0.3, -0.25) is 10.1 Å². The van der Waals surface area contributed by atoms with Crippen LogP contribution in [0.15, 0.2) is 29.2 Å². The Morgan fingerprint density at radius 3 is 2.41 bits per heavy atom. The van der Waals surface area contributed by atoms with Gasteiger partial charge in [0.2, 0.25) is 0 Å². The summed E-state index contributed by atoms with van der Waals surface area (Å²) in [5, 5.41) is 23.4. The van der Waals surface area contributed by atoms with Crippen molar-refractivity contribution in [2.24, 2.45) is 5.41 Å². The second-order valence-corrected chi connectivity index (χ2v) is 8.26. The van der Waals surface area contributed by atoms with Crippen LogP contribution in [0.2, 0.25) is 0 Å². The molecule has 8 heteroatoms. The van der Waals surface area contributed by atoms with Gasteiger partial charge >= 0.3 is 0 Å². The zero-order valence-electron chi connectivity index (χ0n) is 12.5. The van der Waals surface area contributed by atoms with E-state index in [4.69, 9.17) is 0 Å². The lowest BCUT2D eigenvalue weighted by molar-refractivity contribution is -0.384. The normalized spacial score (nSPS) is 23.8. The van der Waals surface area contributed by atoms with Crippen LogP contribution in [0.25, 0.3) is 0 Å². The quantitative estimate of drug-likeness (QED) is 0.598. The Labute approximate surface area is 129 Å². The van der Waals surface area contributed by atoms with Crippen molar-refractivity contribution in [2.75, 3.05) is 12.3 Å².